The Labute approximate surface area is 178 Å². The predicted octanol–water partition coefficient (Wildman–Crippen LogP) is 2.71. The molecular formula is C16H21F7NO7S-. The molecule has 0 aliphatic rings. The molecule has 16 heteroatoms. The van der Waals surface area contributed by atoms with Crippen LogP contribution in [-0.4, -0.2) is 61.1 Å². The summed E-state index contributed by atoms with van der Waals surface area (Å²) in [5.41, 5.74) is 0. The summed E-state index contributed by atoms with van der Waals surface area (Å²) < 4.78 is 133. The van der Waals surface area contributed by atoms with Gasteiger partial charge in [-0.2, -0.15) is 30.7 Å². The van der Waals surface area contributed by atoms with Crippen LogP contribution >= 0.6 is 0 Å². The Balaban J connectivity index is 5.45. The van der Waals surface area contributed by atoms with E-state index in [2.05, 4.69) is 16.1 Å². The van der Waals surface area contributed by atoms with Crippen LogP contribution in [0.4, 0.5) is 30.7 Å². The molecule has 0 bridgehead atoms. The molecule has 8 nitrogen and oxygen atoms in total. The summed E-state index contributed by atoms with van der Waals surface area (Å²) in [7, 11) is -6.72. The summed E-state index contributed by atoms with van der Waals surface area (Å²) in [6, 6.07) is 0. The van der Waals surface area contributed by atoms with Crippen molar-refractivity contribution in [3.05, 3.63) is 12.7 Å². The topological polar surface area (TPSA) is 122 Å². The zero-order valence-corrected chi connectivity index (χ0v) is 17.6. The van der Waals surface area contributed by atoms with Crippen molar-refractivity contribution in [3.63, 3.8) is 0 Å². The van der Waals surface area contributed by atoms with E-state index in [1.165, 1.54) is 13.8 Å². The number of esters is 1. The molecule has 0 radical (unpaired) electrons. The van der Waals surface area contributed by atoms with Gasteiger partial charge in [-0.1, -0.05) is 20.4 Å². The molecule has 0 spiro atoms. The van der Waals surface area contributed by atoms with Crippen molar-refractivity contribution in [2.75, 3.05) is 13.2 Å². The summed E-state index contributed by atoms with van der Waals surface area (Å²) in [6.45, 7) is 4.45. The van der Waals surface area contributed by atoms with Crippen LogP contribution in [0.1, 0.15) is 33.1 Å². The Morgan fingerprint density at radius 1 is 1.09 bits per heavy atom. The van der Waals surface area contributed by atoms with Crippen LogP contribution in [0.5, 0.6) is 0 Å². The molecule has 0 saturated carbocycles. The van der Waals surface area contributed by atoms with Gasteiger partial charge in [0.1, 0.15) is 0 Å². The fourth-order valence-electron chi connectivity index (χ4n) is 2.00. The summed E-state index contributed by atoms with van der Waals surface area (Å²) in [4.78, 5) is 23.5. The van der Waals surface area contributed by atoms with Gasteiger partial charge in [0, 0.05) is 19.0 Å². The van der Waals surface area contributed by atoms with Crippen molar-refractivity contribution >= 4 is 22.0 Å². The third-order valence-electron chi connectivity index (χ3n) is 3.68. The van der Waals surface area contributed by atoms with Crippen LogP contribution in [0.3, 0.4) is 0 Å². The number of rotatable bonds is 13. The van der Waals surface area contributed by atoms with Crippen molar-refractivity contribution < 1.29 is 62.8 Å². The summed E-state index contributed by atoms with van der Waals surface area (Å²) in [5, 5.41) is -4.11. The van der Waals surface area contributed by atoms with Crippen LogP contribution in [0.25, 0.3) is 0 Å². The Bertz CT molecular complexity index is 784. The fourth-order valence-corrected chi connectivity index (χ4v) is 2.47. The molecule has 1 unspecified atom stereocenters. The lowest BCUT2D eigenvalue weighted by Gasteiger charge is -2.33. The minimum Gasteiger partial charge on any atom is -0.743 e. The van der Waals surface area contributed by atoms with Crippen molar-refractivity contribution in [2.45, 2.75) is 56.3 Å². The third kappa shape index (κ3) is 7.30. The minimum absolute atomic E-state index is 0.295. The number of unbranched alkanes of at least 4 members (excludes halogenated alkanes) is 1. The lowest BCUT2D eigenvalue weighted by atomic mass is 10.1. The highest BCUT2D eigenvalue weighted by Gasteiger charge is 2.66. The zero-order chi connectivity index (χ0) is 25.6. The maximum atomic E-state index is 13.6. The van der Waals surface area contributed by atoms with Gasteiger partial charge in [0.05, 0.1) is 6.61 Å². The number of halogens is 7. The molecule has 0 rings (SSSR count). The van der Waals surface area contributed by atoms with Gasteiger partial charge in [-0.25, -0.2) is 13.2 Å². The number of amides is 1. The fraction of sp³-hybridized carbons (Fsp3) is 0.750. The van der Waals surface area contributed by atoms with Gasteiger partial charge in [-0.3, -0.25) is 4.79 Å². The molecule has 0 fully saturated rings. The SMILES string of the molecule is C=CC(=O)OC(OCCCCC(F)(F)C(F)(F)S(=O)(=O)[O-])(C(=O)NCC(C)C)C(F)(F)F. The smallest absolute Gasteiger partial charge is 0.466 e. The van der Waals surface area contributed by atoms with Gasteiger partial charge in [-0.05, 0) is 18.8 Å². The summed E-state index contributed by atoms with van der Waals surface area (Å²) >= 11 is 0. The predicted molar refractivity (Wildman–Crippen MR) is 92.3 cm³/mol. The second-order valence-corrected chi connectivity index (χ2v) is 8.25. The number of hydrogen-bond donors (Lipinski definition) is 1. The van der Waals surface area contributed by atoms with Gasteiger partial charge in [0.15, 0.2) is 10.1 Å². The first-order chi connectivity index (χ1) is 14.2. The largest absolute Gasteiger partial charge is 0.743 e. The molecule has 0 aromatic carbocycles. The first kappa shape index (κ1) is 30.1. The normalized spacial score (nSPS) is 15.2. The molecule has 0 aliphatic heterocycles. The number of ether oxygens (including phenoxy) is 2. The highest BCUT2D eigenvalue weighted by molar-refractivity contribution is 7.86. The maximum Gasteiger partial charge on any atom is 0.466 e. The Hall–Kier alpha value is -1.94. The quantitative estimate of drug-likeness (QED) is 0.102. The number of nitrogens with one attached hydrogen (secondary N) is 1. The minimum atomic E-state index is -6.72. The molecule has 0 aliphatic carbocycles. The van der Waals surface area contributed by atoms with Gasteiger partial charge in [0.2, 0.25) is 0 Å². The second kappa shape index (κ2) is 10.8. The lowest BCUT2D eigenvalue weighted by molar-refractivity contribution is -0.347. The van der Waals surface area contributed by atoms with E-state index in [-0.39, 0.29) is 12.5 Å². The van der Waals surface area contributed by atoms with E-state index in [0.717, 1.165) is 0 Å². The average Bonchev–Trinajstić information content (AvgIpc) is 2.62. The highest BCUT2D eigenvalue weighted by atomic mass is 32.2. The first-order valence-electron chi connectivity index (χ1n) is 8.80. The Morgan fingerprint density at radius 2 is 1.62 bits per heavy atom. The molecular weight excluding hydrogens is 483 g/mol. The highest BCUT2D eigenvalue weighted by Crippen LogP contribution is 2.42. The zero-order valence-electron chi connectivity index (χ0n) is 16.8. The van der Waals surface area contributed by atoms with E-state index in [1.54, 1.807) is 0 Å². The van der Waals surface area contributed by atoms with Crippen molar-refractivity contribution in [1.29, 1.82) is 0 Å². The van der Waals surface area contributed by atoms with Gasteiger partial charge < -0.3 is 19.3 Å². The molecule has 0 aromatic heterocycles. The monoisotopic (exact) mass is 504 g/mol. The first-order valence-corrected chi connectivity index (χ1v) is 10.2. The molecule has 0 aromatic rings. The van der Waals surface area contributed by atoms with Crippen molar-refractivity contribution in [2.24, 2.45) is 5.92 Å². The van der Waals surface area contributed by atoms with E-state index in [9.17, 15) is 53.3 Å². The third-order valence-corrected chi connectivity index (χ3v) is 4.61. The maximum absolute atomic E-state index is 13.6. The molecule has 0 saturated heterocycles. The van der Waals surface area contributed by atoms with Crippen molar-refractivity contribution in [1.82, 2.24) is 5.32 Å². The van der Waals surface area contributed by atoms with E-state index < -0.39 is 71.0 Å². The van der Waals surface area contributed by atoms with Gasteiger partial charge in [0.25, 0.3) is 0 Å². The number of alkyl halides is 7. The molecule has 1 N–H and O–H groups in total. The molecule has 188 valence electrons. The number of hydrogen-bond acceptors (Lipinski definition) is 7. The van der Waals surface area contributed by atoms with Crippen LogP contribution < -0.4 is 5.32 Å². The van der Waals surface area contributed by atoms with E-state index in [1.807, 2.05) is 5.32 Å². The second-order valence-electron chi connectivity index (χ2n) is 6.82. The molecule has 0 heterocycles. The molecule has 1 amide bonds. The average molecular weight is 504 g/mol. The standard InChI is InChI=1S/C16H22F7NO7S/c1-4-11(25)31-14(15(19,20)21,12(26)24-9-10(2)3)30-8-6-5-7-13(17,18)16(22,23)32(27,28)29/h4,10H,1,5-9H2,2-3H3,(H,24,26)(H,27,28,29)/p-1. The molecule has 1 atom stereocenters. The van der Waals surface area contributed by atoms with Gasteiger partial charge in [-0.15, -0.1) is 0 Å². The van der Waals surface area contributed by atoms with E-state index in [4.69, 9.17) is 0 Å². The lowest BCUT2D eigenvalue weighted by Crippen LogP contribution is -2.61. The number of carbonyl (C=O) groups is 2. The number of carbonyl (C=O) groups excluding carboxylic acids is 2. The van der Waals surface area contributed by atoms with Crippen LogP contribution in [-0.2, 0) is 29.2 Å². The van der Waals surface area contributed by atoms with E-state index >= 15 is 0 Å². The van der Waals surface area contributed by atoms with Gasteiger partial charge >= 0.3 is 35.0 Å². The van der Waals surface area contributed by atoms with E-state index in [0.29, 0.717) is 6.08 Å². The molecule has 32 heavy (non-hydrogen) atoms. The summed E-state index contributed by atoms with van der Waals surface area (Å²) in [5.74, 6) is -13.5. The van der Waals surface area contributed by atoms with Crippen LogP contribution in [0, 0.1) is 5.92 Å². The van der Waals surface area contributed by atoms with Crippen LogP contribution in [0.2, 0.25) is 0 Å². The summed E-state index contributed by atoms with van der Waals surface area (Å²) in [6.07, 6.45) is -9.15. The van der Waals surface area contributed by atoms with Crippen molar-refractivity contribution in [3.8, 4) is 0 Å². The Kier molecular flexibility index (Phi) is 10.1. The van der Waals surface area contributed by atoms with Crippen LogP contribution in [0.15, 0.2) is 12.7 Å². The Morgan fingerprint density at radius 3 is 2.03 bits per heavy atom.